The summed E-state index contributed by atoms with van der Waals surface area (Å²) in [5.74, 6) is 1.12. The third-order valence-corrected chi connectivity index (χ3v) is 4.05. The summed E-state index contributed by atoms with van der Waals surface area (Å²) in [6, 6.07) is 9.85. The van der Waals surface area contributed by atoms with Crippen LogP contribution in [-0.2, 0) is 13.6 Å². The number of nitrogens with one attached hydrogen (secondary N) is 2. The smallest absolute Gasteiger partial charge is 0.315 e. The normalized spacial score (nSPS) is 17.5. The molecule has 22 heavy (non-hydrogen) atoms. The van der Waals surface area contributed by atoms with Crippen LogP contribution >= 0.6 is 0 Å². The largest absolute Gasteiger partial charge is 0.493 e. The van der Waals surface area contributed by atoms with Gasteiger partial charge in [-0.15, -0.1) is 0 Å². The Morgan fingerprint density at radius 3 is 3.00 bits per heavy atom. The average Bonchev–Trinajstić information content (AvgIpc) is 3.11. The van der Waals surface area contributed by atoms with Crippen LogP contribution in [0.25, 0.3) is 0 Å². The molecule has 2 N–H and O–H groups in total. The van der Waals surface area contributed by atoms with E-state index in [1.165, 1.54) is 5.56 Å². The number of aromatic nitrogens is 1. The number of rotatable bonds is 4. The Hall–Kier alpha value is -2.43. The molecule has 5 heteroatoms. The molecule has 0 aliphatic carbocycles. The molecule has 2 amide bonds. The Bertz CT molecular complexity index is 665. The van der Waals surface area contributed by atoms with Crippen molar-refractivity contribution in [1.29, 1.82) is 0 Å². The van der Waals surface area contributed by atoms with Crippen LogP contribution in [0.15, 0.2) is 42.7 Å². The first-order valence-electron chi connectivity index (χ1n) is 7.50. The fourth-order valence-electron chi connectivity index (χ4n) is 2.81. The topological polar surface area (TPSA) is 55.3 Å². The molecule has 0 saturated heterocycles. The molecule has 0 radical (unpaired) electrons. The van der Waals surface area contributed by atoms with Gasteiger partial charge < -0.3 is 19.9 Å². The summed E-state index contributed by atoms with van der Waals surface area (Å²) in [4.78, 5) is 12.0. The van der Waals surface area contributed by atoms with E-state index in [4.69, 9.17) is 4.74 Å². The molecule has 0 saturated carbocycles. The van der Waals surface area contributed by atoms with Gasteiger partial charge >= 0.3 is 6.03 Å². The van der Waals surface area contributed by atoms with Crippen LogP contribution in [-0.4, -0.2) is 23.2 Å². The summed E-state index contributed by atoms with van der Waals surface area (Å²) in [5.41, 5.74) is 2.25. The predicted octanol–water partition coefficient (Wildman–Crippen LogP) is 2.39. The molecule has 2 atom stereocenters. The number of nitrogens with zero attached hydrogens (tertiary/aromatic N) is 1. The summed E-state index contributed by atoms with van der Waals surface area (Å²) < 4.78 is 7.63. The second-order valence-electron chi connectivity index (χ2n) is 5.76. The molecule has 5 nitrogen and oxygen atoms in total. The highest BCUT2D eigenvalue weighted by molar-refractivity contribution is 5.74. The molecule has 0 spiro atoms. The Balaban J connectivity index is 1.53. The van der Waals surface area contributed by atoms with Crippen molar-refractivity contribution in [2.45, 2.75) is 25.4 Å². The molecule has 0 unspecified atom stereocenters. The molecule has 1 aromatic heterocycles. The van der Waals surface area contributed by atoms with Gasteiger partial charge in [0, 0.05) is 43.5 Å². The molecule has 0 bridgehead atoms. The first kappa shape index (κ1) is 14.5. The van der Waals surface area contributed by atoms with E-state index >= 15 is 0 Å². The van der Waals surface area contributed by atoms with E-state index in [9.17, 15) is 4.79 Å². The van der Waals surface area contributed by atoms with Gasteiger partial charge in [-0.2, -0.15) is 0 Å². The zero-order valence-electron chi connectivity index (χ0n) is 12.9. The summed E-state index contributed by atoms with van der Waals surface area (Å²) >= 11 is 0. The van der Waals surface area contributed by atoms with Gasteiger partial charge in [0.15, 0.2) is 0 Å². The lowest BCUT2D eigenvalue weighted by Crippen LogP contribution is -2.43. The van der Waals surface area contributed by atoms with Crippen molar-refractivity contribution >= 4 is 6.03 Å². The molecule has 2 aromatic rings. The minimum Gasteiger partial charge on any atom is -0.493 e. The van der Waals surface area contributed by atoms with Crippen LogP contribution in [0.1, 0.15) is 24.0 Å². The molecular formula is C17H21N3O2. The summed E-state index contributed by atoms with van der Waals surface area (Å²) in [5, 5.41) is 5.89. The molecule has 1 aromatic carbocycles. The van der Waals surface area contributed by atoms with Crippen LogP contribution in [0, 0.1) is 0 Å². The molecule has 1 aliphatic rings. The molecule has 116 valence electrons. The molecule has 3 rings (SSSR count). The third-order valence-electron chi connectivity index (χ3n) is 4.05. The van der Waals surface area contributed by atoms with Gasteiger partial charge in [0.1, 0.15) is 5.75 Å². The highest BCUT2D eigenvalue weighted by atomic mass is 16.5. The Morgan fingerprint density at radius 1 is 1.41 bits per heavy atom. The van der Waals surface area contributed by atoms with E-state index in [2.05, 4.69) is 16.7 Å². The molecule has 0 fully saturated rings. The van der Waals surface area contributed by atoms with Crippen molar-refractivity contribution < 1.29 is 9.53 Å². The van der Waals surface area contributed by atoms with Gasteiger partial charge in [0.2, 0.25) is 0 Å². The van der Waals surface area contributed by atoms with Crippen LogP contribution in [0.2, 0.25) is 0 Å². The maximum absolute atomic E-state index is 12.0. The van der Waals surface area contributed by atoms with E-state index in [0.717, 1.165) is 11.3 Å². The van der Waals surface area contributed by atoms with Crippen LogP contribution in [0.5, 0.6) is 5.75 Å². The highest BCUT2D eigenvalue weighted by Crippen LogP contribution is 2.35. The van der Waals surface area contributed by atoms with Crippen molar-refractivity contribution in [1.82, 2.24) is 15.2 Å². The number of carbonyl (C=O) groups excluding carboxylic acids is 1. The SMILES string of the molecule is C[C@@H](NC(=O)NCc1ccn(C)c1)[C@H]1COc2ccccc21. The fourth-order valence-corrected chi connectivity index (χ4v) is 2.81. The number of ether oxygens (including phenoxy) is 1. The van der Waals surface area contributed by atoms with Gasteiger partial charge in [-0.3, -0.25) is 0 Å². The van der Waals surface area contributed by atoms with Gasteiger partial charge in [-0.05, 0) is 24.6 Å². The molecule has 1 aliphatic heterocycles. The van der Waals surface area contributed by atoms with Crippen LogP contribution in [0.4, 0.5) is 4.79 Å². The number of carbonyl (C=O) groups is 1. The lowest BCUT2D eigenvalue weighted by atomic mass is 9.94. The Morgan fingerprint density at radius 2 is 2.23 bits per heavy atom. The molecular weight excluding hydrogens is 278 g/mol. The number of aryl methyl sites for hydroxylation is 1. The van der Waals surface area contributed by atoms with Crippen LogP contribution in [0.3, 0.4) is 0 Å². The first-order valence-corrected chi connectivity index (χ1v) is 7.50. The highest BCUT2D eigenvalue weighted by Gasteiger charge is 2.29. The number of amides is 2. The van der Waals surface area contributed by atoms with Crippen molar-refractivity contribution in [3.8, 4) is 5.75 Å². The zero-order chi connectivity index (χ0) is 15.5. The van der Waals surface area contributed by atoms with Gasteiger partial charge in [-0.1, -0.05) is 18.2 Å². The zero-order valence-corrected chi connectivity index (χ0v) is 12.9. The minimum absolute atomic E-state index is 0.0134. The number of fused-ring (bicyclic) bond motifs is 1. The van der Waals surface area contributed by atoms with E-state index in [1.54, 1.807) is 0 Å². The van der Waals surface area contributed by atoms with E-state index < -0.39 is 0 Å². The standard InChI is InChI=1S/C17H21N3O2/c1-12(15-11-22-16-6-4-3-5-14(15)16)19-17(21)18-9-13-7-8-20(2)10-13/h3-8,10,12,15H,9,11H2,1-2H3,(H2,18,19,21)/t12-,15-/m1/s1. The third kappa shape index (κ3) is 3.08. The van der Waals surface area contributed by atoms with E-state index in [1.807, 2.05) is 55.2 Å². The van der Waals surface area contributed by atoms with Gasteiger partial charge in [-0.25, -0.2) is 4.79 Å². The Labute approximate surface area is 130 Å². The van der Waals surface area contributed by atoms with E-state index in [0.29, 0.717) is 13.2 Å². The van der Waals surface area contributed by atoms with E-state index in [-0.39, 0.29) is 18.0 Å². The number of hydrogen-bond acceptors (Lipinski definition) is 2. The number of hydrogen-bond donors (Lipinski definition) is 2. The van der Waals surface area contributed by atoms with Crippen molar-refractivity contribution in [3.05, 3.63) is 53.9 Å². The summed E-state index contributed by atoms with van der Waals surface area (Å²) in [7, 11) is 1.96. The van der Waals surface area contributed by atoms with Gasteiger partial charge in [0.25, 0.3) is 0 Å². The second-order valence-corrected chi connectivity index (χ2v) is 5.76. The predicted molar refractivity (Wildman–Crippen MR) is 84.9 cm³/mol. The Kier molecular flexibility index (Phi) is 4.04. The van der Waals surface area contributed by atoms with Crippen molar-refractivity contribution in [2.75, 3.05) is 6.61 Å². The molecule has 2 heterocycles. The summed E-state index contributed by atoms with van der Waals surface area (Å²) in [6.45, 7) is 3.15. The van der Waals surface area contributed by atoms with Crippen molar-refractivity contribution in [2.24, 2.45) is 7.05 Å². The van der Waals surface area contributed by atoms with Gasteiger partial charge in [0.05, 0.1) is 6.61 Å². The minimum atomic E-state index is -0.152. The van der Waals surface area contributed by atoms with Crippen molar-refractivity contribution in [3.63, 3.8) is 0 Å². The van der Waals surface area contributed by atoms with Crippen LogP contribution < -0.4 is 15.4 Å². The summed E-state index contributed by atoms with van der Waals surface area (Å²) in [6.07, 6.45) is 3.95. The second kappa shape index (κ2) is 6.13. The quantitative estimate of drug-likeness (QED) is 0.911. The first-order chi connectivity index (χ1) is 10.6. The fraction of sp³-hybridized carbons (Fsp3) is 0.353. The number of urea groups is 1. The maximum atomic E-state index is 12.0. The maximum Gasteiger partial charge on any atom is 0.315 e. The number of benzene rings is 1. The average molecular weight is 299 g/mol. The lowest BCUT2D eigenvalue weighted by Gasteiger charge is -2.20. The number of para-hydroxylation sites is 1. The lowest BCUT2D eigenvalue weighted by molar-refractivity contribution is 0.232. The monoisotopic (exact) mass is 299 g/mol.